The first-order valence-corrected chi connectivity index (χ1v) is 7.09. The first-order valence-electron chi connectivity index (χ1n) is 7.09. The highest BCUT2D eigenvalue weighted by Crippen LogP contribution is 2.05. The van der Waals surface area contributed by atoms with E-state index in [1.807, 2.05) is 68.4 Å². The lowest BCUT2D eigenvalue weighted by Crippen LogP contribution is -2.19. The van der Waals surface area contributed by atoms with Crippen molar-refractivity contribution in [3.8, 4) is 0 Å². The molecule has 0 saturated heterocycles. The number of nitrogens with one attached hydrogen (secondary N) is 1. The highest BCUT2D eigenvalue weighted by atomic mass is 16.2. The Balaban J connectivity index is 1.85. The van der Waals surface area contributed by atoms with Crippen molar-refractivity contribution in [2.75, 3.05) is 0 Å². The summed E-state index contributed by atoms with van der Waals surface area (Å²) >= 11 is 0. The number of rotatable bonds is 5. The number of carbonyl (C=O) groups is 1. The van der Waals surface area contributed by atoms with Crippen molar-refractivity contribution in [3.63, 3.8) is 0 Å². The molecule has 3 heteroatoms. The number of hydrogen-bond acceptors (Lipinski definition) is 2. The molecule has 0 aromatic heterocycles. The van der Waals surface area contributed by atoms with Gasteiger partial charge in [-0.05, 0) is 31.4 Å². The fraction of sp³-hybridized carbons (Fsp3) is 0.222. The highest BCUT2D eigenvalue weighted by Gasteiger charge is 2.02. The number of aryl methyl sites for hydroxylation is 2. The van der Waals surface area contributed by atoms with E-state index in [4.69, 9.17) is 0 Å². The van der Waals surface area contributed by atoms with Crippen molar-refractivity contribution in [1.29, 1.82) is 0 Å². The summed E-state index contributed by atoms with van der Waals surface area (Å²) in [7, 11) is 0. The predicted octanol–water partition coefficient (Wildman–Crippen LogP) is 3.47. The van der Waals surface area contributed by atoms with Crippen LogP contribution in [0.15, 0.2) is 59.7 Å². The molecule has 108 valence electrons. The zero-order chi connectivity index (χ0) is 15.1. The van der Waals surface area contributed by atoms with Crippen LogP contribution in [0.1, 0.15) is 30.0 Å². The summed E-state index contributed by atoms with van der Waals surface area (Å²) in [6, 6.07) is 18.0. The second-order valence-corrected chi connectivity index (χ2v) is 5.08. The summed E-state index contributed by atoms with van der Waals surface area (Å²) in [5.74, 6) is -0.0645. The number of nitrogens with zero attached hydrogens (tertiary/aromatic N) is 1. The standard InChI is InChI=1S/C18H20N2O/c1-14-8-11-17(12-9-14)15(2)19-20-18(21)13-10-16-6-4-3-5-7-16/h3-9,11-12H,10,13H2,1-2H3,(H,20,21). The Bertz CT molecular complexity index is 615. The summed E-state index contributed by atoms with van der Waals surface area (Å²) in [4.78, 5) is 11.8. The molecule has 21 heavy (non-hydrogen) atoms. The topological polar surface area (TPSA) is 41.5 Å². The lowest BCUT2D eigenvalue weighted by Gasteiger charge is -2.04. The van der Waals surface area contributed by atoms with Gasteiger partial charge in [-0.25, -0.2) is 5.43 Å². The van der Waals surface area contributed by atoms with Gasteiger partial charge in [0.1, 0.15) is 0 Å². The van der Waals surface area contributed by atoms with Crippen LogP contribution in [-0.2, 0) is 11.2 Å². The molecule has 0 aliphatic carbocycles. The van der Waals surface area contributed by atoms with Crippen LogP contribution in [0.3, 0.4) is 0 Å². The Morgan fingerprint density at radius 3 is 2.38 bits per heavy atom. The second-order valence-electron chi connectivity index (χ2n) is 5.08. The summed E-state index contributed by atoms with van der Waals surface area (Å²) in [5.41, 5.74) is 6.81. The van der Waals surface area contributed by atoms with E-state index < -0.39 is 0 Å². The van der Waals surface area contributed by atoms with Gasteiger partial charge in [-0.15, -0.1) is 0 Å². The van der Waals surface area contributed by atoms with Gasteiger partial charge in [0.15, 0.2) is 0 Å². The van der Waals surface area contributed by atoms with Crippen LogP contribution in [0.25, 0.3) is 0 Å². The van der Waals surface area contributed by atoms with E-state index in [1.165, 1.54) is 5.56 Å². The van der Waals surface area contributed by atoms with E-state index in [-0.39, 0.29) is 5.91 Å². The van der Waals surface area contributed by atoms with Gasteiger partial charge in [0.25, 0.3) is 0 Å². The molecule has 0 spiro atoms. The molecule has 0 fully saturated rings. The number of benzene rings is 2. The number of carbonyl (C=O) groups excluding carboxylic acids is 1. The second kappa shape index (κ2) is 7.39. The quantitative estimate of drug-likeness (QED) is 0.661. The molecule has 3 nitrogen and oxygen atoms in total. The van der Waals surface area contributed by atoms with Gasteiger partial charge >= 0.3 is 0 Å². The summed E-state index contributed by atoms with van der Waals surface area (Å²) < 4.78 is 0. The highest BCUT2D eigenvalue weighted by molar-refractivity contribution is 5.99. The van der Waals surface area contributed by atoms with Crippen LogP contribution in [-0.4, -0.2) is 11.6 Å². The molecule has 0 bridgehead atoms. The van der Waals surface area contributed by atoms with Crippen LogP contribution < -0.4 is 5.43 Å². The van der Waals surface area contributed by atoms with E-state index in [0.29, 0.717) is 6.42 Å². The van der Waals surface area contributed by atoms with Gasteiger partial charge in [0.2, 0.25) is 5.91 Å². The smallest absolute Gasteiger partial charge is 0.240 e. The Kier molecular flexibility index (Phi) is 5.27. The van der Waals surface area contributed by atoms with Crippen molar-refractivity contribution in [1.82, 2.24) is 5.43 Å². The molecule has 0 aliphatic rings. The molecule has 1 amide bonds. The van der Waals surface area contributed by atoms with Gasteiger partial charge in [-0.1, -0.05) is 60.2 Å². The number of hydrogen-bond donors (Lipinski definition) is 1. The van der Waals surface area contributed by atoms with Crippen LogP contribution >= 0.6 is 0 Å². The molecule has 0 aliphatic heterocycles. The molecule has 1 N–H and O–H groups in total. The van der Waals surface area contributed by atoms with Crippen molar-refractivity contribution in [2.24, 2.45) is 5.10 Å². The zero-order valence-corrected chi connectivity index (χ0v) is 12.5. The van der Waals surface area contributed by atoms with Crippen LogP contribution in [0.4, 0.5) is 0 Å². The third-order valence-electron chi connectivity index (χ3n) is 3.30. The summed E-state index contributed by atoms with van der Waals surface area (Å²) in [6.45, 7) is 3.93. The van der Waals surface area contributed by atoms with Gasteiger partial charge in [0, 0.05) is 6.42 Å². The third-order valence-corrected chi connectivity index (χ3v) is 3.30. The van der Waals surface area contributed by atoms with E-state index in [1.54, 1.807) is 0 Å². The van der Waals surface area contributed by atoms with Crippen LogP contribution in [0.5, 0.6) is 0 Å². The summed E-state index contributed by atoms with van der Waals surface area (Å²) in [6.07, 6.45) is 1.17. The first kappa shape index (κ1) is 15.0. The number of amides is 1. The predicted molar refractivity (Wildman–Crippen MR) is 86.3 cm³/mol. The SMILES string of the molecule is CC(=NNC(=O)CCc1ccccc1)c1ccc(C)cc1. The van der Waals surface area contributed by atoms with Crippen molar-refractivity contribution in [2.45, 2.75) is 26.7 Å². The van der Waals surface area contributed by atoms with E-state index >= 15 is 0 Å². The number of hydrazone groups is 1. The van der Waals surface area contributed by atoms with Gasteiger partial charge < -0.3 is 0 Å². The molecule has 0 saturated carbocycles. The normalized spacial score (nSPS) is 11.2. The van der Waals surface area contributed by atoms with Crippen LogP contribution in [0, 0.1) is 6.92 Å². The fourth-order valence-electron chi connectivity index (χ4n) is 1.96. The van der Waals surface area contributed by atoms with E-state index in [0.717, 1.165) is 23.3 Å². The minimum absolute atomic E-state index is 0.0645. The Hall–Kier alpha value is -2.42. The Labute approximate surface area is 125 Å². The minimum atomic E-state index is -0.0645. The molecular formula is C18H20N2O. The monoisotopic (exact) mass is 280 g/mol. The lowest BCUT2D eigenvalue weighted by molar-refractivity contribution is -0.121. The molecule has 0 heterocycles. The van der Waals surface area contributed by atoms with Gasteiger partial charge in [-0.2, -0.15) is 5.10 Å². The maximum atomic E-state index is 11.8. The fourth-order valence-corrected chi connectivity index (χ4v) is 1.96. The largest absolute Gasteiger partial charge is 0.273 e. The first-order chi connectivity index (χ1) is 10.1. The molecular weight excluding hydrogens is 260 g/mol. The Morgan fingerprint density at radius 2 is 1.71 bits per heavy atom. The molecule has 2 aromatic rings. The molecule has 0 unspecified atom stereocenters. The van der Waals surface area contributed by atoms with Crippen LogP contribution in [0.2, 0.25) is 0 Å². The van der Waals surface area contributed by atoms with Gasteiger partial charge in [0.05, 0.1) is 5.71 Å². The van der Waals surface area contributed by atoms with Crippen molar-refractivity contribution < 1.29 is 4.79 Å². The molecule has 0 radical (unpaired) electrons. The molecule has 0 atom stereocenters. The Morgan fingerprint density at radius 1 is 1.05 bits per heavy atom. The van der Waals surface area contributed by atoms with E-state index in [9.17, 15) is 4.79 Å². The van der Waals surface area contributed by atoms with Crippen molar-refractivity contribution in [3.05, 3.63) is 71.3 Å². The third kappa shape index (κ3) is 4.88. The molecule has 2 aromatic carbocycles. The summed E-state index contributed by atoms with van der Waals surface area (Å²) in [5, 5.41) is 4.15. The average Bonchev–Trinajstić information content (AvgIpc) is 2.52. The van der Waals surface area contributed by atoms with Gasteiger partial charge in [-0.3, -0.25) is 4.79 Å². The average molecular weight is 280 g/mol. The van der Waals surface area contributed by atoms with Crippen molar-refractivity contribution >= 4 is 11.6 Å². The molecule has 2 rings (SSSR count). The lowest BCUT2D eigenvalue weighted by atomic mass is 10.1. The maximum absolute atomic E-state index is 11.8. The zero-order valence-electron chi connectivity index (χ0n) is 12.5. The van der Waals surface area contributed by atoms with E-state index in [2.05, 4.69) is 10.5 Å². The maximum Gasteiger partial charge on any atom is 0.240 e. The minimum Gasteiger partial charge on any atom is -0.273 e.